The van der Waals surface area contributed by atoms with Crippen LogP contribution in [-0.4, -0.2) is 78.9 Å². The van der Waals surface area contributed by atoms with Crippen molar-refractivity contribution in [3.8, 4) is 5.75 Å². The number of carbonyl (C=O) groups is 2. The lowest BCUT2D eigenvalue weighted by Gasteiger charge is -2.35. The summed E-state index contributed by atoms with van der Waals surface area (Å²) >= 11 is 0. The highest BCUT2D eigenvalue weighted by Gasteiger charge is 2.41. The van der Waals surface area contributed by atoms with Crippen molar-refractivity contribution in [2.75, 3.05) is 48.0 Å². The molecule has 2 N–H and O–H groups in total. The van der Waals surface area contributed by atoms with Gasteiger partial charge in [0.1, 0.15) is 36.5 Å². The van der Waals surface area contributed by atoms with Crippen molar-refractivity contribution < 1.29 is 37.0 Å². The Morgan fingerprint density at radius 3 is 2.82 bits per heavy atom. The third kappa shape index (κ3) is 5.75. The number of aromatic nitrogens is 2. The van der Waals surface area contributed by atoms with Crippen molar-refractivity contribution in [3.63, 3.8) is 0 Å². The van der Waals surface area contributed by atoms with E-state index in [0.29, 0.717) is 37.6 Å². The van der Waals surface area contributed by atoms with Crippen LogP contribution in [-0.2, 0) is 9.47 Å². The number of pyridine rings is 2. The molecule has 3 amide bonds. The van der Waals surface area contributed by atoms with Gasteiger partial charge in [-0.25, -0.2) is 14.8 Å². The number of hydrogen-bond donors (Lipinski definition) is 2. The lowest BCUT2D eigenvalue weighted by molar-refractivity contribution is -0.141. The summed E-state index contributed by atoms with van der Waals surface area (Å²) in [5, 5.41) is 4.55. The molecular formula is C24H27F3N6O5. The van der Waals surface area contributed by atoms with Crippen molar-refractivity contribution in [2.45, 2.75) is 44.4 Å². The van der Waals surface area contributed by atoms with Gasteiger partial charge in [-0.05, 0) is 38.5 Å². The Kier molecular flexibility index (Phi) is 6.77. The first-order chi connectivity index (χ1) is 18.0. The summed E-state index contributed by atoms with van der Waals surface area (Å²) in [6, 6.07) is 5.40. The van der Waals surface area contributed by atoms with E-state index in [4.69, 9.17) is 14.2 Å². The number of nitrogens with one attached hydrogen (secondary N) is 2. The molecule has 11 nitrogen and oxygen atoms in total. The molecule has 2 bridgehead atoms. The first-order valence-corrected chi connectivity index (χ1v) is 12.1. The minimum absolute atomic E-state index is 0.198. The van der Waals surface area contributed by atoms with Crippen LogP contribution in [0, 0.1) is 0 Å². The molecule has 38 heavy (non-hydrogen) atoms. The van der Waals surface area contributed by atoms with Crippen LogP contribution >= 0.6 is 0 Å². The molecule has 2 atom stereocenters. The first-order valence-electron chi connectivity index (χ1n) is 12.1. The molecule has 0 radical (unpaired) electrons. The number of anilines is 3. The quantitative estimate of drug-likeness (QED) is 0.579. The predicted molar refractivity (Wildman–Crippen MR) is 129 cm³/mol. The van der Waals surface area contributed by atoms with Crippen LogP contribution in [0.15, 0.2) is 30.5 Å². The van der Waals surface area contributed by atoms with Gasteiger partial charge in [-0.1, -0.05) is 0 Å². The second kappa shape index (κ2) is 9.91. The molecular weight excluding hydrogens is 509 g/mol. The monoisotopic (exact) mass is 536 g/mol. The van der Waals surface area contributed by atoms with Crippen molar-refractivity contribution in [3.05, 3.63) is 36.2 Å². The summed E-state index contributed by atoms with van der Waals surface area (Å²) in [5.41, 5.74) is 0.399. The third-order valence-electron chi connectivity index (χ3n) is 6.32. The van der Waals surface area contributed by atoms with Gasteiger partial charge < -0.3 is 24.4 Å². The van der Waals surface area contributed by atoms with Crippen molar-refractivity contribution in [1.82, 2.24) is 15.3 Å². The molecule has 0 aliphatic carbocycles. The summed E-state index contributed by atoms with van der Waals surface area (Å²) in [6.45, 7) is 4.06. The van der Waals surface area contributed by atoms with Gasteiger partial charge in [0.05, 0.1) is 18.3 Å². The molecule has 2 aromatic rings. The summed E-state index contributed by atoms with van der Waals surface area (Å²) in [6.07, 6.45) is -2.64. The van der Waals surface area contributed by atoms with Crippen LogP contribution in [0.1, 0.15) is 30.8 Å². The van der Waals surface area contributed by atoms with E-state index in [-0.39, 0.29) is 36.1 Å². The summed E-state index contributed by atoms with van der Waals surface area (Å²) in [4.78, 5) is 37.6. The van der Waals surface area contributed by atoms with E-state index < -0.39 is 30.4 Å². The van der Waals surface area contributed by atoms with Crippen molar-refractivity contribution in [1.29, 1.82) is 0 Å². The van der Waals surface area contributed by atoms with Gasteiger partial charge in [-0.2, -0.15) is 13.2 Å². The van der Waals surface area contributed by atoms with E-state index in [1.54, 1.807) is 18.2 Å². The first kappa shape index (κ1) is 26.0. The standard InChI is InChI=1S/C24H27F3N6O5/c1-23(2)37-12-16(38-23)11-36-15-5-7-28-19(9-15)31-22(35)33-14-6-8-32(10-14)18-4-3-17(30-20(18)33)21(34)29-13-24(25,26)27/h3-5,7,9,14,16H,6,8,10-13H2,1-2H3,(H,29,34)(H,28,31,35)/t14?,16-/m0/s1. The number of amides is 3. The number of fused-ring (bicyclic) bond motifs is 4. The number of nitrogens with zero attached hydrogens (tertiary/aromatic N) is 4. The van der Waals surface area contributed by atoms with E-state index in [9.17, 15) is 22.8 Å². The van der Waals surface area contributed by atoms with E-state index in [2.05, 4.69) is 15.3 Å². The molecule has 0 saturated carbocycles. The third-order valence-corrected chi connectivity index (χ3v) is 6.32. The molecule has 2 aromatic heterocycles. The lowest BCUT2D eigenvalue weighted by Crippen LogP contribution is -2.48. The predicted octanol–water partition coefficient (Wildman–Crippen LogP) is 2.93. The Morgan fingerprint density at radius 1 is 1.26 bits per heavy atom. The fourth-order valence-corrected chi connectivity index (χ4v) is 4.64. The van der Waals surface area contributed by atoms with Gasteiger partial charge in [-0.15, -0.1) is 0 Å². The Labute approximate surface area is 216 Å². The van der Waals surface area contributed by atoms with Crippen LogP contribution in [0.5, 0.6) is 5.75 Å². The van der Waals surface area contributed by atoms with E-state index >= 15 is 0 Å². The minimum Gasteiger partial charge on any atom is -0.491 e. The number of alkyl halides is 3. The molecule has 3 aliphatic heterocycles. The van der Waals surface area contributed by atoms with Gasteiger partial charge in [-0.3, -0.25) is 15.0 Å². The van der Waals surface area contributed by atoms with Gasteiger partial charge in [0.25, 0.3) is 5.91 Å². The van der Waals surface area contributed by atoms with E-state index in [1.807, 2.05) is 24.1 Å². The highest BCUT2D eigenvalue weighted by Crippen LogP contribution is 2.39. The molecule has 5 heterocycles. The minimum atomic E-state index is -4.56. The highest BCUT2D eigenvalue weighted by molar-refractivity contribution is 6.05. The highest BCUT2D eigenvalue weighted by atomic mass is 19.4. The maximum atomic E-state index is 13.4. The number of carbonyl (C=O) groups excluding carboxylic acids is 2. The summed E-state index contributed by atoms with van der Waals surface area (Å²) in [5.74, 6) is -0.748. The molecule has 204 valence electrons. The van der Waals surface area contributed by atoms with Crippen LogP contribution < -0.4 is 25.2 Å². The average Bonchev–Trinajstić information content (AvgIpc) is 3.44. The molecule has 0 spiro atoms. The van der Waals surface area contributed by atoms with Gasteiger partial charge in [0.2, 0.25) is 0 Å². The SMILES string of the molecule is CC1(C)OC[C@H](COc2ccnc(NC(=O)N3c4nc(C(=O)NCC(F)(F)F)ccc4N4CCC3C4)c2)O1. The fraction of sp³-hybridized carbons (Fsp3) is 0.500. The van der Waals surface area contributed by atoms with Crippen LogP contribution in [0.3, 0.4) is 0 Å². The number of halogens is 3. The van der Waals surface area contributed by atoms with Gasteiger partial charge in [0, 0.05) is 25.4 Å². The Balaban J connectivity index is 1.30. The molecule has 3 aliphatic rings. The van der Waals surface area contributed by atoms with Crippen LogP contribution in [0.4, 0.5) is 35.3 Å². The summed E-state index contributed by atoms with van der Waals surface area (Å²) < 4.78 is 54.7. The average molecular weight is 537 g/mol. The Hall–Kier alpha value is -3.65. The number of rotatable bonds is 6. The van der Waals surface area contributed by atoms with Gasteiger partial charge >= 0.3 is 12.2 Å². The van der Waals surface area contributed by atoms with Gasteiger partial charge in [0.15, 0.2) is 11.6 Å². The number of ether oxygens (including phenoxy) is 3. The topological polar surface area (TPSA) is 118 Å². The molecule has 1 unspecified atom stereocenters. The second-order valence-electron chi connectivity index (χ2n) is 9.66. The molecule has 0 aromatic carbocycles. The molecule has 2 saturated heterocycles. The number of urea groups is 1. The van der Waals surface area contributed by atoms with Crippen molar-refractivity contribution >= 4 is 29.3 Å². The van der Waals surface area contributed by atoms with Crippen LogP contribution in [0.2, 0.25) is 0 Å². The Morgan fingerprint density at radius 2 is 2.08 bits per heavy atom. The van der Waals surface area contributed by atoms with Crippen LogP contribution in [0.25, 0.3) is 0 Å². The normalized spacial score (nSPS) is 21.7. The maximum absolute atomic E-state index is 13.4. The zero-order valence-corrected chi connectivity index (χ0v) is 20.7. The smallest absolute Gasteiger partial charge is 0.405 e. The maximum Gasteiger partial charge on any atom is 0.405 e. The largest absolute Gasteiger partial charge is 0.491 e. The molecule has 5 rings (SSSR count). The summed E-state index contributed by atoms with van der Waals surface area (Å²) in [7, 11) is 0. The van der Waals surface area contributed by atoms with Crippen molar-refractivity contribution in [2.24, 2.45) is 0 Å². The number of hydrogen-bond acceptors (Lipinski definition) is 8. The zero-order chi connectivity index (χ0) is 27.1. The molecule has 2 fully saturated rings. The lowest BCUT2D eigenvalue weighted by atomic mass is 10.1. The van der Waals surface area contributed by atoms with E-state index in [0.717, 1.165) is 0 Å². The second-order valence-corrected chi connectivity index (χ2v) is 9.66. The Bertz CT molecular complexity index is 1230. The van der Waals surface area contributed by atoms with E-state index in [1.165, 1.54) is 17.2 Å². The zero-order valence-electron chi connectivity index (χ0n) is 20.7. The molecule has 14 heteroatoms. The fourth-order valence-electron chi connectivity index (χ4n) is 4.64.